The third kappa shape index (κ3) is 1.89. The molecule has 0 fully saturated rings. The highest BCUT2D eigenvalue weighted by Crippen LogP contribution is 2.26. The molecule has 3 N–H and O–H groups in total. The molecule has 0 bridgehead atoms. The topological polar surface area (TPSA) is 81.2 Å². The number of aryl methyl sites for hydroxylation is 1. The molecule has 1 heterocycles. The molecule has 0 atom stereocenters. The zero-order valence-corrected chi connectivity index (χ0v) is 10.1. The first-order chi connectivity index (χ1) is 7.95. The minimum absolute atomic E-state index is 0.239. The van der Waals surface area contributed by atoms with E-state index in [-0.39, 0.29) is 5.91 Å². The van der Waals surface area contributed by atoms with E-state index in [9.17, 15) is 4.79 Å². The van der Waals surface area contributed by atoms with Crippen molar-refractivity contribution in [2.45, 2.75) is 26.2 Å². The van der Waals surface area contributed by atoms with Crippen molar-refractivity contribution >= 4 is 17.0 Å². The number of nitrogens with zero attached hydrogens (tertiary/aromatic N) is 1. The third-order valence-electron chi connectivity index (χ3n) is 2.91. The van der Waals surface area contributed by atoms with Crippen molar-refractivity contribution in [1.82, 2.24) is 10.4 Å². The van der Waals surface area contributed by atoms with Crippen molar-refractivity contribution in [3.8, 4) is 0 Å². The van der Waals surface area contributed by atoms with Crippen LogP contribution in [0.5, 0.6) is 0 Å². The molecule has 0 aliphatic carbocycles. The van der Waals surface area contributed by atoms with Gasteiger partial charge in [0.05, 0.1) is 5.41 Å². The summed E-state index contributed by atoms with van der Waals surface area (Å²) in [4.78, 5) is 15.9. The van der Waals surface area contributed by atoms with Crippen LogP contribution in [0.3, 0.4) is 0 Å². The molecule has 0 aliphatic rings. The molecule has 1 aromatic heterocycles. The minimum atomic E-state index is -0.699. The van der Waals surface area contributed by atoms with Gasteiger partial charge in [-0.05, 0) is 31.5 Å². The molecule has 5 nitrogen and oxygen atoms in total. The standard InChI is InChI=1S/C12H15N3O2/c1-7-14-9-6-8(4-5-10(9)17-7)12(2,3)11(16)15-13/h4-6H,13H2,1-3H3,(H,15,16). The molecule has 17 heavy (non-hydrogen) atoms. The molecular formula is C12H15N3O2. The summed E-state index contributed by atoms with van der Waals surface area (Å²) in [5, 5.41) is 0. The van der Waals surface area contributed by atoms with Crippen LogP contribution in [-0.2, 0) is 10.2 Å². The van der Waals surface area contributed by atoms with Gasteiger partial charge in [0.25, 0.3) is 0 Å². The summed E-state index contributed by atoms with van der Waals surface area (Å²) in [7, 11) is 0. The largest absolute Gasteiger partial charge is 0.441 e. The van der Waals surface area contributed by atoms with Crippen molar-refractivity contribution in [3.63, 3.8) is 0 Å². The zero-order chi connectivity index (χ0) is 12.6. The number of nitrogens with one attached hydrogen (secondary N) is 1. The quantitative estimate of drug-likeness (QED) is 0.467. The van der Waals surface area contributed by atoms with Crippen LogP contribution in [0.4, 0.5) is 0 Å². The first-order valence-electron chi connectivity index (χ1n) is 5.34. The van der Waals surface area contributed by atoms with Crippen LogP contribution in [0.25, 0.3) is 11.1 Å². The maximum atomic E-state index is 11.7. The number of fused-ring (bicyclic) bond motifs is 1. The maximum Gasteiger partial charge on any atom is 0.243 e. The monoisotopic (exact) mass is 233 g/mol. The predicted octanol–water partition coefficient (Wildman–Crippen LogP) is 1.40. The summed E-state index contributed by atoms with van der Waals surface area (Å²) < 4.78 is 5.39. The van der Waals surface area contributed by atoms with Crippen molar-refractivity contribution in [3.05, 3.63) is 29.7 Å². The van der Waals surface area contributed by atoms with Gasteiger partial charge in [-0.15, -0.1) is 0 Å². The molecule has 0 radical (unpaired) electrons. The van der Waals surface area contributed by atoms with E-state index in [4.69, 9.17) is 10.3 Å². The predicted molar refractivity (Wildman–Crippen MR) is 64.1 cm³/mol. The van der Waals surface area contributed by atoms with Crippen LogP contribution in [0.15, 0.2) is 22.6 Å². The van der Waals surface area contributed by atoms with Crippen molar-refractivity contribution in [2.24, 2.45) is 5.84 Å². The van der Waals surface area contributed by atoms with E-state index in [1.807, 2.05) is 32.0 Å². The number of oxazole rings is 1. The first-order valence-corrected chi connectivity index (χ1v) is 5.34. The van der Waals surface area contributed by atoms with Gasteiger partial charge in [0.15, 0.2) is 11.5 Å². The van der Waals surface area contributed by atoms with Gasteiger partial charge in [0, 0.05) is 6.92 Å². The maximum absolute atomic E-state index is 11.7. The van der Waals surface area contributed by atoms with E-state index in [0.29, 0.717) is 5.89 Å². The van der Waals surface area contributed by atoms with Gasteiger partial charge in [-0.25, -0.2) is 10.8 Å². The molecule has 0 unspecified atom stereocenters. The Balaban J connectivity index is 2.52. The Morgan fingerprint density at radius 3 is 2.82 bits per heavy atom. The number of carbonyl (C=O) groups excluding carboxylic acids is 1. The van der Waals surface area contributed by atoms with Gasteiger partial charge in [0.1, 0.15) is 5.52 Å². The summed E-state index contributed by atoms with van der Waals surface area (Å²) in [5.41, 5.74) is 3.79. The Kier molecular flexibility index (Phi) is 2.63. The molecule has 0 spiro atoms. The van der Waals surface area contributed by atoms with Gasteiger partial charge >= 0.3 is 0 Å². The molecule has 0 saturated carbocycles. The molecule has 0 aliphatic heterocycles. The summed E-state index contributed by atoms with van der Waals surface area (Å²) >= 11 is 0. The fourth-order valence-corrected chi connectivity index (χ4v) is 1.74. The lowest BCUT2D eigenvalue weighted by molar-refractivity contribution is -0.125. The SMILES string of the molecule is Cc1nc2cc(C(C)(C)C(=O)NN)ccc2o1. The summed E-state index contributed by atoms with van der Waals surface area (Å²) in [6.45, 7) is 5.41. The van der Waals surface area contributed by atoms with Gasteiger partial charge in [-0.2, -0.15) is 0 Å². The second-order valence-electron chi connectivity index (χ2n) is 4.51. The number of carbonyl (C=O) groups is 1. The average Bonchev–Trinajstić information content (AvgIpc) is 2.66. The van der Waals surface area contributed by atoms with Crippen LogP contribution in [0, 0.1) is 6.92 Å². The summed E-state index contributed by atoms with van der Waals surface area (Å²) in [5.74, 6) is 5.55. The minimum Gasteiger partial charge on any atom is -0.441 e. The fourth-order valence-electron chi connectivity index (χ4n) is 1.74. The second-order valence-corrected chi connectivity index (χ2v) is 4.51. The highest BCUT2D eigenvalue weighted by molar-refractivity contribution is 5.88. The lowest BCUT2D eigenvalue weighted by Crippen LogP contribution is -2.43. The number of benzene rings is 1. The molecule has 1 aromatic carbocycles. The first kappa shape index (κ1) is 11.6. The lowest BCUT2D eigenvalue weighted by atomic mass is 9.84. The molecule has 0 saturated heterocycles. The Bertz CT molecular complexity index is 572. The third-order valence-corrected chi connectivity index (χ3v) is 2.91. The number of nitrogens with two attached hydrogens (primary N) is 1. The van der Waals surface area contributed by atoms with Crippen molar-refractivity contribution in [2.75, 3.05) is 0 Å². The van der Waals surface area contributed by atoms with Gasteiger partial charge in [0.2, 0.25) is 5.91 Å². The highest BCUT2D eigenvalue weighted by atomic mass is 16.3. The number of hydrogen-bond acceptors (Lipinski definition) is 4. The molecule has 2 aromatic rings. The van der Waals surface area contributed by atoms with Gasteiger partial charge < -0.3 is 4.42 Å². The molecule has 90 valence electrons. The van der Waals surface area contributed by atoms with E-state index >= 15 is 0 Å². The van der Waals surface area contributed by atoms with Gasteiger partial charge in [-0.1, -0.05) is 6.07 Å². The highest BCUT2D eigenvalue weighted by Gasteiger charge is 2.29. The van der Waals surface area contributed by atoms with E-state index in [1.54, 1.807) is 6.92 Å². The number of hydrazine groups is 1. The van der Waals surface area contributed by atoms with Crippen molar-refractivity contribution in [1.29, 1.82) is 0 Å². The van der Waals surface area contributed by atoms with E-state index in [2.05, 4.69) is 10.4 Å². The van der Waals surface area contributed by atoms with Crippen LogP contribution >= 0.6 is 0 Å². The molecular weight excluding hydrogens is 218 g/mol. The molecule has 2 rings (SSSR count). The van der Waals surface area contributed by atoms with Crippen LogP contribution in [-0.4, -0.2) is 10.9 Å². The summed E-state index contributed by atoms with van der Waals surface area (Å²) in [6, 6.07) is 5.51. The molecule has 1 amide bonds. The van der Waals surface area contributed by atoms with Crippen LogP contribution in [0.1, 0.15) is 25.3 Å². The number of rotatable bonds is 2. The Morgan fingerprint density at radius 1 is 1.47 bits per heavy atom. The average molecular weight is 233 g/mol. The summed E-state index contributed by atoms with van der Waals surface area (Å²) in [6.07, 6.45) is 0. The van der Waals surface area contributed by atoms with E-state index in [0.717, 1.165) is 16.7 Å². The fraction of sp³-hybridized carbons (Fsp3) is 0.333. The van der Waals surface area contributed by atoms with Crippen LogP contribution in [0.2, 0.25) is 0 Å². The van der Waals surface area contributed by atoms with Crippen LogP contribution < -0.4 is 11.3 Å². The Labute approximate surface area is 99.0 Å². The Morgan fingerprint density at radius 2 is 2.18 bits per heavy atom. The normalized spacial score (nSPS) is 11.8. The molecule has 5 heteroatoms. The second kappa shape index (κ2) is 3.85. The van der Waals surface area contributed by atoms with E-state index in [1.165, 1.54) is 0 Å². The van der Waals surface area contributed by atoms with E-state index < -0.39 is 5.41 Å². The number of amides is 1. The lowest BCUT2D eigenvalue weighted by Gasteiger charge is -2.22. The zero-order valence-electron chi connectivity index (χ0n) is 10.1. The number of aromatic nitrogens is 1. The van der Waals surface area contributed by atoms with Gasteiger partial charge in [-0.3, -0.25) is 10.2 Å². The Hall–Kier alpha value is -1.88. The smallest absolute Gasteiger partial charge is 0.243 e. The van der Waals surface area contributed by atoms with Crippen molar-refractivity contribution < 1.29 is 9.21 Å². The number of hydrogen-bond donors (Lipinski definition) is 2.